The first-order valence-corrected chi connectivity index (χ1v) is 9.25. The van der Waals surface area contributed by atoms with E-state index in [1.165, 1.54) is 0 Å². The van der Waals surface area contributed by atoms with Crippen molar-refractivity contribution in [3.8, 4) is 5.75 Å². The van der Waals surface area contributed by atoms with E-state index in [9.17, 15) is 8.42 Å². The van der Waals surface area contributed by atoms with Gasteiger partial charge in [0.1, 0.15) is 5.75 Å². The Labute approximate surface area is 133 Å². The summed E-state index contributed by atoms with van der Waals surface area (Å²) in [4.78, 5) is 2.51. The molecule has 1 aromatic rings. The van der Waals surface area contributed by atoms with E-state index in [1.807, 2.05) is 27.8 Å². The predicted octanol–water partition coefficient (Wildman–Crippen LogP) is 2.14. The average Bonchev–Trinajstić information content (AvgIpc) is 2.48. The topological polar surface area (TPSA) is 49.9 Å². The number of rotatable bonds is 5. The number of hydrogen-bond acceptors (Lipinski definition) is 4. The van der Waals surface area contributed by atoms with Gasteiger partial charge >= 0.3 is 0 Å². The van der Waals surface area contributed by atoms with Crippen LogP contribution in [0, 0.1) is 0 Å². The molecule has 0 aromatic heterocycles. The van der Waals surface area contributed by atoms with Gasteiger partial charge in [0.15, 0.2) is 0 Å². The average molecular weight is 326 g/mol. The molecule has 0 amide bonds. The molecule has 1 saturated heterocycles. The molecule has 1 aliphatic rings. The summed E-state index contributed by atoms with van der Waals surface area (Å²) in [5.74, 6) is 0.985. The second-order valence-corrected chi connectivity index (χ2v) is 7.93. The summed E-state index contributed by atoms with van der Waals surface area (Å²) in [7, 11) is -1.41. The molecule has 22 heavy (non-hydrogen) atoms. The lowest BCUT2D eigenvalue weighted by atomic mass is 10.0. The standard InChI is InChI=1S/C16H26N2O3S/c1-5-21-16-7-6-14(12-15(16)13(2)3)22(19,20)18-10-8-17(4)9-11-18/h6-7,12-13H,5,8-11H2,1-4H3. The molecule has 124 valence electrons. The quantitative estimate of drug-likeness (QED) is 0.832. The number of piperazine rings is 1. The molecule has 0 bridgehead atoms. The highest BCUT2D eigenvalue weighted by molar-refractivity contribution is 7.89. The van der Waals surface area contributed by atoms with Crippen LogP contribution in [0.2, 0.25) is 0 Å². The second-order valence-electron chi connectivity index (χ2n) is 5.99. The van der Waals surface area contributed by atoms with E-state index >= 15 is 0 Å². The molecule has 0 N–H and O–H groups in total. The number of ether oxygens (including phenoxy) is 1. The largest absolute Gasteiger partial charge is 0.494 e. The van der Waals surface area contributed by atoms with Crippen LogP contribution in [0.1, 0.15) is 32.3 Å². The number of nitrogens with zero attached hydrogens (tertiary/aromatic N) is 2. The summed E-state index contributed by atoms with van der Waals surface area (Å²) >= 11 is 0. The lowest BCUT2D eigenvalue weighted by Crippen LogP contribution is -2.47. The van der Waals surface area contributed by atoms with Gasteiger partial charge in [0.25, 0.3) is 0 Å². The second kappa shape index (κ2) is 6.98. The molecular weight excluding hydrogens is 300 g/mol. The summed E-state index contributed by atoms with van der Waals surface area (Å²) in [6.45, 7) is 9.23. The van der Waals surface area contributed by atoms with Gasteiger partial charge in [-0.25, -0.2) is 8.42 Å². The van der Waals surface area contributed by atoms with E-state index in [0.717, 1.165) is 24.4 Å². The highest BCUT2D eigenvalue weighted by atomic mass is 32.2. The van der Waals surface area contributed by atoms with Crippen molar-refractivity contribution in [1.82, 2.24) is 9.21 Å². The minimum atomic E-state index is -3.42. The molecule has 0 atom stereocenters. The molecule has 1 fully saturated rings. The van der Waals surface area contributed by atoms with Gasteiger partial charge in [0, 0.05) is 26.2 Å². The highest BCUT2D eigenvalue weighted by Gasteiger charge is 2.28. The van der Waals surface area contributed by atoms with Crippen molar-refractivity contribution in [2.24, 2.45) is 0 Å². The normalized spacial score (nSPS) is 17.9. The van der Waals surface area contributed by atoms with Crippen molar-refractivity contribution < 1.29 is 13.2 Å². The van der Waals surface area contributed by atoms with Crippen molar-refractivity contribution in [3.05, 3.63) is 23.8 Å². The van der Waals surface area contributed by atoms with E-state index in [1.54, 1.807) is 22.5 Å². The summed E-state index contributed by atoms with van der Waals surface area (Å²) in [6, 6.07) is 5.20. The third-order valence-corrected chi connectivity index (χ3v) is 5.90. The van der Waals surface area contributed by atoms with Crippen LogP contribution < -0.4 is 4.74 Å². The molecule has 1 heterocycles. The zero-order valence-electron chi connectivity index (χ0n) is 13.9. The number of benzene rings is 1. The number of sulfonamides is 1. The monoisotopic (exact) mass is 326 g/mol. The fourth-order valence-corrected chi connectivity index (χ4v) is 4.06. The molecule has 6 heteroatoms. The maximum absolute atomic E-state index is 12.8. The van der Waals surface area contributed by atoms with Gasteiger partial charge < -0.3 is 9.64 Å². The van der Waals surface area contributed by atoms with Crippen LogP contribution in [-0.4, -0.2) is 57.5 Å². The van der Waals surface area contributed by atoms with Crippen molar-refractivity contribution in [2.45, 2.75) is 31.6 Å². The Bertz CT molecular complexity index is 606. The molecule has 1 aliphatic heterocycles. The van der Waals surface area contributed by atoms with Crippen LogP contribution in [0.15, 0.2) is 23.1 Å². The zero-order valence-corrected chi connectivity index (χ0v) is 14.7. The number of likely N-dealkylation sites (N-methyl/N-ethyl adjacent to an activating group) is 1. The fraction of sp³-hybridized carbons (Fsp3) is 0.625. The third-order valence-electron chi connectivity index (χ3n) is 4.00. The molecule has 0 spiro atoms. The smallest absolute Gasteiger partial charge is 0.243 e. The molecule has 0 saturated carbocycles. The Morgan fingerprint density at radius 2 is 1.82 bits per heavy atom. The minimum Gasteiger partial charge on any atom is -0.494 e. The minimum absolute atomic E-state index is 0.212. The summed E-state index contributed by atoms with van der Waals surface area (Å²) < 4.78 is 32.8. The van der Waals surface area contributed by atoms with Gasteiger partial charge in [0.2, 0.25) is 10.0 Å². The number of hydrogen-bond donors (Lipinski definition) is 0. The SMILES string of the molecule is CCOc1ccc(S(=O)(=O)N2CCN(C)CC2)cc1C(C)C. The van der Waals surface area contributed by atoms with Crippen molar-refractivity contribution in [2.75, 3.05) is 39.8 Å². The van der Waals surface area contributed by atoms with E-state index in [4.69, 9.17) is 4.74 Å². The van der Waals surface area contributed by atoms with Crippen LogP contribution in [0.5, 0.6) is 5.75 Å². The maximum atomic E-state index is 12.8. The molecule has 5 nitrogen and oxygen atoms in total. The van der Waals surface area contributed by atoms with Crippen LogP contribution in [0.4, 0.5) is 0 Å². The lowest BCUT2D eigenvalue weighted by Gasteiger charge is -2.31. The van der Waals surface area contributed by atoms with E-state index in [-0.39, 0.29) is 5.92 Å². The first kappa shape index (κ1) is 17.2. The Morgan fingerprint density at radius 1 is 1.18 bits per heavy atom. The predicted molar refractivity (Wildman–Crippen MR) is 88.0 cm³/mol. The summed E-state index contributed by atoms with van der Waals surface area (Å²) in [5, 5.41) is 0. The first-order valence-electron chi connectivity index (χ1n) is 7.81. The van der Waals surface area contributed by atoms with Crippen LogP contribution in [-0.2, 0) is 10.0 Å². The van der Waals surface area contributed by atoms with Gasteiger partial charge in [-0.15, -0.1) is 0 Å². The first-order chi connectivity index (χ1) is 10.4. The third kappa shape index (κ3) is 3.62. The van der Waals surface area contributed by atoms with Gasteiger partial charge in [-0.2, -0.15) is 4.31 Å². The maximum Gasteiger partial charge on any atom is 0.243 e. The summed E-state index contributed by atoms with van der Waals surface area (Å²) in [6.07, 6.45) is 0. The van der Waals surface area contributed by atoms with Crippen LogP contribution >= 0.6 is 0 Å². The molecular formula is C16H26N2O3S. The van der Waals surface area contributed by atoms with Crippen LogP contribution in [0.3, 0.4) is 0 Å². The lowest BCUT2D eigenvalue weighted by molar-refractivity contribution is 0.222. The van der Waals surface area contributed by atoms with Gasteiger partial charge in [-0.05, 0) is 43.7 Å². The van der Waals surface area contributed by atoms with Crippen LogP contribution in [0.25, 0.3) is 0 Å². The highest BCUT2D eigenvalue weighted by Crippen LogP contribution is 2.30. The Hall–Kier alpha value is -1.11. The Kier molecular flexibility index (Phi) is 5.47. The van der Waals surface area contributed by atoms with Crippen molar-refractivity contribution in [3.63, 3.8) is 0 Å². The molecule has 0 radical (unpaired) electrons. The van der Waals surface area contributed by atoms with Gasteiger partial charge in [-0.3, -0.25) is 0 Å². The van der Waals surface area contributed by atoms with Crippen molar-refractivity contribution >= 4 is 10.0 Å². The van der Waals surface area contributed by atoms with Gasteiger partial charge in [0.05, 0.1) is 11.5 Å². The molecule has 1 aromatic carbocycles. The van der Waals surface area contributed by atoms with E-state index in [0.29, 0.717) is 24.6 Å². The molecule has 0 unspecified atom stereocenters. The Balaban J connectivity index is 2.33. The summed E-state index contributed by atoms with van der Waals surface area (Å²) in [5.41, 5.74) is 0.942. The van der Waals surface area contributed by atoms with E-state index < -0.39 is 10.0 Å². The Morgan fingerprint density at radius 3 is 2.36 bits per heavy atom. The van der Waals surface area contributed by atoms with Crippen molar-refractivity contribution in [1.29, 1.82) is 0 Å². The molecule has 2 rings (SSSR count). The van der Waals surface area contributed by atoms with E-state index in [2.05, 4.69) is 4.90 Å². The molecule has 0 aliphatic carbocycles. The van der Waals surface area contributed by atoms with Gasteiger partial charge in [-0.1, -0.05) is 13.8 Å². The fourth-order valence-electron chi connectivity index (χ4n) is 2.60. The zero-order chi connectivity index (χ0) is 16.3.